The molecule has 2 aliphatic heterocycles. The van der Waals surface area contributed by atoms with Crippen molar-refractivity contribution in [3.05, 3.63) is 29.8 Å². The second-order valence-electron chi connectivity index (χ2n) is 8.16. The summed E-state index contributed by atoms with van der Waals surface area (Å²) >= 11 is 0. The Bertz CT molecular complexity index is 931. The minimum Gasteiger partial charge on any atom is -0.369 e. The smallest absolute Gasteiger partial charge is 0.220 e. The number of likely N-dealkylation sites (tertiary alicyclic amines) is 1. The number of hydrogen-bond donors (Lipinski definition) is 1. The van der Waals surface area contributed by atoms with Crippen molar-refractivity contribution in [2.24, 2.45) is 11.7 Å². The molecule has 2 fully saturated rings. The van der Waals surface area contributed by atoms with E-state index in [0.29, 0.717) is 25.9 Å². The van der Waals surface area contributed by atoms with E-state index in [1.54, 1.807) is 24.3 Å². The van der Waals surface area contributed by atoms with Crippen LogP contribution in [0.5, 0.6) is 0 Å². The van der Waals surface area contributed by atoms with Crippen LogP contribution in [-0.4, -0.2) is 63.5 Å². The van der Waals surface area contributed by atoms with Gasteiger partial charge in [0.1, 0.15) is 0 Å². The van der Waals surface area contributed by atoms with Crippen molar-refractivity contribution in [1.29, 1.82) is 0 Å². The lowest BCUT2D eigenvalue weighted by Crippen LogP contribution is -2.50. The first-order valence-corrected chi connectivity index (χ1v) is 13.0. The van der Waals surface area contributed by atoms with Gasteiger partial charge in [-0.2, -0.15) is 0 Å². The fraction of sp³-hybridized carbons (Fsp3) is 0.632. The van der Waals surface area contributed by atoms with Crippen LogP contribution in [0.4, 0.5) is 0 Å². The van der Waals surface area contributed by atoms with Crippen LogP contribution in [0.3, 0.4) is 0 Å². The molecular weight excluding hydrogens is 400 g/mol. The number of carbonyl (C=O) groups is 1. The van der Waals surface area contributed by atoms with Gasteiger partial charge in [-0.15, -0.1) is 0 Å². The van der Waals surface area contributed by atoms with Gasteiger partial charge in [0, 0.05) is 12.0 Å². The molecule has 1 aromatic carbocycles. The largest absolute Gasteiger partial charge is 0.369 e. The van der Waals surface area contributed by atoms with Crippen LogP contribution >= 0.6 is 0 Å². The molecule has 0 aromatic heterocycles. The number of primary amides is 1. The summed E-state index contributed by atoms with van der Waals surface area (Å²) in [5.74, 6) is -0.826. The van der Waals surface area contributed by atoms with Crippen LogP contribution in [0.1, 0.15) is 38.2 Å². The number of sulfone groups is 2. The van der Waals surface area contributed by atoms with Gasteiger partial charge in [0.25, 0.3) is 0 Å². The van der Waals surface area contributed by atoms with Gasteiger partial charge < -0.3 is 5.73 Å². The van der Waals surface area contributed by atoms with E-state index in [1.807, 2.05) is 18.7 Å². The van der Waals surface area contributed by atoms with Gasteiger partial charge >= 0.3 is 0 Å². The lowest BCUT2D eigenvalue weighted by Gasteiger charge is -2.36. The molecule has 1 amide bonds. The zero-order valence-electron chi connectivity index (χ0n) is 16.2. The first kappa shape index (κ1) is 21.3. The van der Waals surface area contributed by atoms with Crippen LogP contribution in [0, 0.1) is 5.92 Å². The van der Waals surface area contributed by atoms with E-state index >= 15 is 0 Å². The van der Waals surface area contributed by atoms with Gasteiger partial charge in [-0.3, -0.25) is 9.69 Å². The first-order chi connectivity index (χ1) is 13.0. The molecule has 2 aliphatic rings. The predicted octanol–water partition coefficient (Wildman–Crippen LogP) is 0.947. The Labute approximate surface area is 167 Å². The van der Waals surface area contributed by atoms with Gasteiger partial charge in [-0.1, -0.05) is 26.0 Å². The minimum atomic E-state index is -3.79. The second-order valence-corrected chi connectivity index (χ2v) is 12.5. The molecular formula is C19H28N2O5S2. The molecule has 0 spiro atoms. The molecule has 7 nitrogen and oxygen atoms in total. The molecule has 0 unspecified atom stereocenters. The fourth-order valence-corrected chi connectivity index (χ4v) is 9.00. The highest BCUT2D eigenvalue weighted by atomic mass is 32.2. The summed E-state index contributed by atoms with van der Waals surface area (Å²) in [6.45, 7) is 5.01. The molecule has 2 atom stereocenters. The van der Waals surface area contributed by atoms with E-state index in [2.05, 4.69) is 0 Å². The maximum atomic E-state index is 13.3. The number of carbonyl (C=O) groups excluding carboxylic acids is 1. The maximum absolute atomic E-state index is 13.3. The predicted molar refractivity (Wildman–Crippen MR) is 107 cm³/mol. The van der Waals surface area contributed by atoms with Gasteiger partial charge in [-0.05, 0) is 49.5 Å². The molecule has 3 rings (SSSR count). The van der Waals surface area contributed by atoms with E-state index in [-0.39, 0.29) is 34.1 Å². The average Bonchev–Trinajstić information content (AvgIpc) is 2.98. The monoisotopic (exact) mass is 428 g/mol. The van der Waals surface area contributed by atoms with E-state index in [4.69, 9.17) is 5.73 Å². The normalized spacial score (nSPS) is 26.5. The fourth-order valence-electron chi connectivity index (χ4n) is 4.17. The van der Waals surface area contributed by atoms with Crippen molar-refractivity contribution in [3.63, 3.8) is 0 Å². The molecule has 156 valence electrons. The summed E-state index contributed by atoms with van der Waals surface area (Å²) in [6.07, 6.45) is 1.06. The van der Waals surface area contributed by atoms with Crippen LogP contribution < -0.4 is 5.73 Å². The van der Waals surface area contributed by atoms with E-state index < -0.39 is 31.0 Å². The molecule has 2 N–H and O–H groups in total. The molecule has 9 heteroatoms. The van der Waals surface area contributed by atoms with Crippen LogP contribution in [0.15, 0.2) is 29.2 Å². The van der Waals surface area contributed by atoms with Gasteiger partial charge in [0.15, 0.2) is 19.7 Å². The van der Waals surface area contributed by atoms with Crippen molar-refractivity contribution in [2.45, 2.75) is 48.8 Å². The lowest BCUT2D eigenvalue weighted by molar-refractivity contribution is -0.123. The highest BCUT2D eigenvalue weighted by Gasteiger charge is 2.48. The summed E-state index contributed by atoms with van der Waals surface area (Å²) in [7, 11) is -7.24. The Morgan fingerprint density at radius 2 is 1.68 bits per heavy atom. The number of piperidine rings is 1. The average molecular weight is 429 g/mol. The number of nitrogens with zero attached hydrogens (tertiary/aromatic N) is 1. The Morgan fingerprint density at radius 3 is 2.18 bits per heavy atom. The molecule has 2 heterocycles. The first-order valence-electron chi connectivity index (χ1n) is 9.59. The Morgan fingerprint density at radius 1 is 1.11 bits per heavy atom. The molecule has 28 heavy (non-hydrogen) atoms. The van der Waals surface area contributed by atoms with Crippen LogP contribution in [0.25, 0.3) is 0 Å². The topological polar surface area (TPSA) is 115 Å². The van der Waals surface area contributed by atoms with Gasteiger partial charge in [0.05, 0.1) is 21.7 Å². The lowest BCUT2D eigenvalue weighted by atomic mass is 9.95. The summed E-state index contributed by atoms with van der Waals surface area (Å²) in [4.78, 5) is 13.5. The van der Waals surface area contributed by atoms with Crippen LogP contribution in [-0.2, 0) is 24.5 Å². The molecule has 0 radical (unpaired) electrons. The Kier molecular flexibility index (Phi) is 5.89. The van der Waals surface area contributed by atoms with E-state index in [9.17, 15) is 21.6 Å². The zero-order valence-corrected chi connectivity index (χ0v) is 17.9. The van der Waals surface area contributed by atoms with E-state index in [1.165, 1.54) is 0 Å². The van der Waals surface area contributed by atoms with Crippen molar-refractivity contribution in [1.82, 2.24) is 4.90 Å². The van der Waals surface area contributed by atoms with Crippen molar-refractivity contribution in [3.8, 4) is 0 Å². The molecule has 2 saturated heterocycles. The summed E-state index contributed by atoms with van der Waals surface area (Å²) in [6, 6.07) is 6.13. The Balaban J connectivity index is 1.86. The van der Waals surface area contributed by atoms with E-state index in [0.717, 1.165) is 5.56 Å². The molecule has 0 bridgehead atoms. The standard InChI is InChI=1S/C19H28N2O5S2/c1-13(2)14-3-5-16(6-4-14)28(25,26)18-12-27(23,24)11-17(18)21-9-7-15(8-10-21)19(20)22/h3-6,13,15,17-18H,7-12H2,1-2H3,(H2,20,22)/t17-,18-/m0/s1. The number of rotatable bonds is 5. The highest BCUT2D eigenvalue weighted by molar-refractivity contribution is 7.96. The van der Waals surface area contributed by atoms with Gasteiger partial charge in [-0.25, -0.2) is 16.8 Å². The summed E-state index contributed by atoms with van der Waals surface area (Å²) in [5.41, 5.74) is 6.40. The Hall–Kier alpha value is -1.45. The number of nitrogens with two attached hydrogens (primary N) is 1. The molecule has 0 aliphatic carbocycles. The third kappa shape index (κ3) is 4.26. The summed E-state index contributed by atoms with van der Waals surface area (Å²) in [5, 5.41) is -0.993. The van der Waals surface area contributed by atoms with Crippen molar-refractivity contribution < 1.29 is 21.6 Å². The summed E-state index contributed by atoms with van der Waals surface area (Å²) < 4.78 is 51.2. The number of amides is 1. The zero-order chi connectivity index (χ0) is 20.7. The third-order valence-corrected chi connectivity index (χ3v) is 10.1. The van der Waals surface area contributed by atoms with Gasteiger partial charge in [0.2, 0.25) is 5.91 Å². The van der Waals surface area contributed by atoms with Crippen LogP contribution in [0.2, 0.25) is 0 Å². The molecule has 0 saturated carbocycles. The second kappa shape index (κ2) is 7.76. The van der Waals surface area contributed by atoms with Crippen molar-refractivity contribution in [2.75, 3.05) is 24.6 Å². The highest BCUT2D eigenvalue weighted by Crippen LogP contribution is 2.32. The quantitative estimate of drug-likeness (QED) is 0.747. The third-order valence-electron chi connectivity index (χ3n) is 5.95. The number of benzene rings is 1. The molecule has 1 aromatic rings. The minimum absolute atomic E-state index is 0.163. The van der Waals surface area contributed by atoms with Crippen molar-refractivity contribution >= 4 is 25.6 Å². The number of hydrogen-bond acceptors (Lipinski definition) is 6. The SMILES string of the molecule is CC(C)c1ccc(S(=O)(=O)[C@H]2CS(=O)(=O)C[C@@H]2N2CCC(C(N)=O)CC2)cc1. The maximum Gasteiger partial charge on any atom is 0.220 e.